The standard InChI is InChI=1S/C31H35N5O4/c1-22(37)31(38)36-12-9-24(10-13-36)21-40-29-7-4-25(19-26(29)20-32)28-8-11-33-30(34-28)18-23-2-5-27(6-3-23)35-14-16-39-17-15-35/h2-8,11,19,22,24,37H,9-10,12-18,21H2,1H3/t22-/m0/s1. The van der Waals surface area contributed by atoms with E-state index < -0.39 is 6.10 Å². The van der Waals surface area contributed by atoms with Crippen LogP contribution in [0.5, 0.6) is 5.75 Å². The van der Waals surface area contributed by atoms with Crippen LogP contribution < -0.4 is 9.64 Å². The summed E-state index contributed by atoms with van der Waals surface area (Å²) >= 11 is 0. The summed E-state index contributed by atoms with van der Waals surface area (Å²) in [6, 6.07) is 18.2. The van der Waals surface area contributed by atoms with Crippen LogP contribution in [0.3, 0.4) is 0 Å². The molecule has 0 bridgehead atoms. The van der Waals surface area contributed by atoms with Gasteiger partial charge in [0, 0.05) is 50.0 Å². The first-order valence-electron chi connectivity index (χ1n) is 13.9. The third-order valence-electron chi connectivity index (χ3n) is 7.53. The molecule has 1 N–H and O–H groups in total. The number of likely N-dealkylation sites (tertiary alicyclic amines) is 1. The first kappa shape index (κ1) is 27.6. The second-order valence-corrected chi connectivity index (χ2v) is 10.4. The molecule has 2 aliphatic rings. The highest BCUT2D eigenvalue weighted by Crippen LogP contribution is 2.27. The van der Waals surface area contributed by atoms with Crippen molar-refractivity contribution < 1.29 is 19.4 Å². The molecule has 0 spiro atoms. The van der Waals surface area contributed by atoms with Crippen LogP contribution >= 0.6 is 0 Å². The van der Waals surface area contributed by atoms with Gasteiger partial charge in [0.2, 0.25) is 0 Å². The molecule has 1 amide bonds. The molecule has 3 aromatic rings. The van der Waals surface area contributed by atoms with Gasteiger partial charge < -0.3 is 24.4 Å². The summed E-state index contributed by atoms with van der Waals surface area (Å²) in [6.07, 6.45) is 3.01. The number of amides is 1. The van der Waals surface area contributed by atoms with Crippen LogP contribution in [-0.2, 0) is 16.0 Å². The van der Waals surface area contributed by atoms with Gasteiger partial charge in [-0.25, -0.2) is 9.97 Å². The predicted molar refractivity (Wildman–Crippen MR) is 151 cm³/mol. The van der Waals surface area contributed by atoms with Crippen molar-refractivity contribution in [1.82, 2.24) is 14.9 Å². The molecule has 3 heterocycles. The molecule has 2 aliphatic heterocycles. The van der Waals surface area contributed by atoms with Crippen LogP contribution in [0.1, 0.15) is 36.7 Å². The van der Waals surface area contributed by atoms with E-state index in [4.69, 9.17) is 14.5 Å². The molecule has 9 heteroatoms. The predicted octanol–water partition coefficient (Wildman–Crippen LogP) is 3.44. The smallest absolute Gasteiger partial charge is 0.251 e. The van der Waals surface area contributed by atoms with Gasteiger partial charge in [0.1, 0.15) is 23.7 Å². The number of hydrogen-bond acceptors (Lipinski definition) is 8. The summed E-state index contributed by atoms with van der Waals surface area (Å²) in [5.41, 5.74) is 4.38. The number of rotatable bonds is 8. The third kappa shape index (κ3) is 6.76. The number of aromatic nitrogens is 2. The van der Waals surface area contributed by atoms with Gasteiger partial charge in [0.05, 0.1) is 31.1 Å². The number of piperidine rings is 1. The minimum absolute atomic E-state index is 0.226. The SMILES string of the molecule is C[C@H](O)C(=O)N1CCC(COc2ccc(-c3ccnc(Cc4ccc(N5CCOCC5)cc4)n3)cc2C#N)CC1. The first-order valence-corrected chi connectivity index (χ1v) is 13.9. The highest BCUT2D eigenvalue weighted by molar-refractivity contribution is 5.80. The molecule has 40 heavy (non-hydrogen) atoms. The fraction of sp³-hybridized carbons (Fsp3) is 0.419. The van der Waals surface area contributed by atoms with Crippen LogP contribution in [0, 0.1) is 17.2 Å². The van der Waals surface area contributed by atoms with Crippen LogP contribution in [0.4, 0.5) is 5.69 Å². The van der Waals surface area contributed by atoms with Crippen molar-refractivity contribution in [3.05, 3.63) is 71.7 Å². The molecule has 9 nitrogen and oxygen atoms in total. The van der Waals surface area contributed by atoms with Gasteiger partial charge in [0.15, 0.2) is 0 Å². The number of aliphatic hydroxyl groups excluding tert-OH is 1. The summed E-state index contributed by atoms with van der Waals surface area (Å²) in [5, 5.41) is 19.3. The maximum Gasteiger partial charge on any atom is 0.251 e. The summed E-state index contributed by atoms with van der Waals surface area (Å²) in [5.74, 6) is 1.33. The monoisotopic (exact) mass is 541 g/mol. The van der Waals surface area contributed by atoms with E-state index in [0.29, 0.717) is 37.4 Å². The van der Waals surface area contributed by atoms with Crippen molar-refractivity contribution >= 4 is 11.6 Å². The second kappa shape index (κ2) is 12.9. The lowest BCUT2D eigenvalue weighted by atomic mass is 9.97. The number of hydrogen-bond donors (Lipinski definition) is 1. The lowest BCUT2D eigenvalue weighted by molar-refractivity contribution is -0.140. The number of morpholine rings is 1. The molecule has 2 aromatic carbocycles. The Morgan fingerprint density at radius 2 is 1.88 bits per heavy atom. The number of nitrogens with zero attached hydrogens (tertiary/aromatic N) is 5. The van der Waals surface area contributed by atoms with Crippen LogP contribution in [-0.4, -0.2) is 78.0 Å². The number of anilines is 1. The van der Waals surface area contributed by atoms with E-state index in [9.17, 15) is 15.2 Å². The highest BCUT2D eigenvalue weighted by Gasteiger charge is 2.25. The van der Waals surface area contributed by atoms with Crippen LogP contribution in [0.2, 0.25) is 0 Å². The summed E-state index contributed by atoms with van der Waals surface area (Å²) in [7, 11) is 0. The topological polar surface area (TPSA) is 112 Å². The largest absolute Gasteiger partial charge is 0.492 e. The molecule has 2 fully saturated rings. The van der Waals surface area contributed by atoms with Crippen molar-refractivity contribution in [3.63, 3.8) is 0 Å². The number of nitriles is 1. The maximum absolute atomic E-state index is 12.0. The summed E-state index contributed by atoms with van der Waals surface area (Å²) < 4.78 is 11.5. The molecular weight excluding hydrogens is 506 g/mol. The van der Waals surface area contributed by atoms with Gasteiger partial charge in [-0.3, -0.25) is 4.79 Å². The van der Waals surface area contributed by atoms with Crippen molar-refractivity contribution in [2.24, 2.45) is 5.92 Å². The van der Waals surface area contributed by atoms with Gasteiger partial charge in [-0.05, 0) is 67.6 Å². The molecule has 0 radical (unpaired) electrons. The van der Waals surface area contributed by atoms with Gasteiger partial charge in [-0.15, -0.1) is 0 Å². The van der Waals surface area contributed by atoms with E-state index in [-0.39, 0.29) is 11.8 Å². The lowest BCUT2D eigenvalue weighted by Crippen LogP contribution is -2.43. The van der Waals surface area contributed by atoms with E-state index in [0.717, 1.165) is 61.8 Å². The Bertz CT molecular complexity index is 1340. The number of carbonyl (C=O) groups is 1. The highest BCUT2D eigenvalue weighted by atomic mass is 16.5. The molecule has 0 aliphatic carbocycles. The Balaban J connectivity index is 1.20. The molecule has 0 saturated carbocycles. The molecule has 1 aromatic heterocycles. The fourth-order valence-electron chi connectivity index (χ4n) is 5.17. The first-order chi connectivity index (χ1) is 19.5. The third-order valence-corrected chi connectivity index (χ3v) is 7.53. The zero-order valence-electron chi connectivity index (χ0n) is 22.8. The fourth-order valence-corrected chi connectivity index (χ4v) is 5.17. The van der Waals surface area contributed by atoms with Gasteiger partial charge in [-0.1, -0.05) is 12.1 Å². The molecule has 208 valence electrons. The average Bonchev–Trinajstić information content (AvgIpc) is 3.00. The zero-order chi connectivity index (χ0) is 27.9. The van der Waals surface area contributed by atoms with E-state index >= 15 is 0 Å². The van der Waals surface area contributed by atoms with E-state index in [1.807, 2.05) is 24.3 Å². The number of ether oxygens (including phenoxy) is 2. The zero-order valence-corrected chi connectivity index (χ0v) is 22.8. The van der Waals surface area contributed by atoms with E-state index in [1.165, 1.54) is 12.6 Å². The average molecular weight is 542 g/mol. The maximum atomic E-state index is 12.0. The lowest BCUT2D eigenvalue weighted by Gasteiger charge is -2.32. The van der Waals surface area contributed by atoms with Gasteiger partial charge in [0.25, 0.3) is 5.91 Å². The van der Waals surface area contributed by atoms with Crippen LogP contribution in [0.15, 0.2) is 54.7 Å². The Labute approximate surface area is 235 Å². The normalized spacial score (nSPS) is 16.8. The van der Waals surface area contributed by atoms with Crippen molar-refractivity contribution in [2.45, 2.75) is 32.3 Å². The summed E-state index contributed by atoms with van der Waals surface area (Å²) in [6.45, 7) is 6.53. The molecule has 1 atom stereocenters. The number of carbonyl (C=O) groups excluding carboxylic acids is 1. The van der Waals surface area contributed by atoms with Crippen molar-refractivity contribution in [2.75, 3.05) is 50.9 Å². The number of benzene rings is 2. The summed E-state index contributed by atoms with van der Waals surface area (Å²) in [4.78, 5) is 25.3. The molecular formula is C31H35N5O4. The minimum atomic E-state index is -0.970. The molecule has 0 unspecified atom stereocenters. The Morgan fingerprint density at radius 1 is 1.12 bits per heavy atom. The Morgan fingerprint density at radius 3 is 2.58 bits per heavy atom. The quantitative estimate of drug-likeness (QED) is 0.462. The van der Waals surface area contributed by atoms with Crippen LogP contribution in [0.25, 0.3) is 11.3 Å². The Kier molecular flexibility index (Phi) is 8.89. The number of aliphatic hydroxyl groups is 1. The van der Waals surface area contributed by atoms with Crippen molar-refractivity contribution in [1.29, 1.82) is 5.26 Å². The van der Waals surface area contributed by atoms with Gasteiger partial charge in [-0.2, -0.15) is 5.26 Å². The van der Waals surface area contributed by atoms with Crippen molar-refractivity contribution in [3.8, 4) is 23.1 Å². The van der Waals surface area contributed by atoms with Gasteiger partial charge >= 0.3 is 0 Å². The second-order valence-electron chi connectivity index (χ2n) is 10.4. The van der Waals surface area contributed by atoms with E-state index in [2.05, 4.69) is 40.2 Å². The Hall–Kier alpha value is -4.00. The molecule has 2 saturated heterocycles. The minimum Gasteiger partial charge on any atom is -0.492 e. The molecule has 5 rings (SSSR count). The van der Waals surface area contributed by atoms with E-state index in [1.54, 1.807) is 11.1 Å².